The molecule has 2 fully saturated rings. The molecule has 0 saturated heterocycles. The summed E-state index contributed by atoms with van der Waals surface area (Å²) in [5, 5.41) is 9.74. The Morgan fingerprint density at radius 2 is 2.00 bits per heavy atom. The highest BCUT2D eigenvalue weighted by atomic mass is 16.3. The molecular weight excluding hydrogens is 200 g/mol. The maximum atomic E-state index is 11.8. The number of carbonyl (C=O) groups is 1. The Bertz CT molecular complexity index is 295. The van der Waals surface area contributed by atoms with Crippen LogP contribution in [0.2, 0.25) is 0 Å². The number of hydrogen-bond acceptors (Lipinski definition) is 2. The van der Waals surface area contributed by atoms with E-state index in [0.29, 0.717) is 23.5 Å². The Kier molecular flexibility index (Phi) is 2.90. The zero-order valence-electron chi connectivity index (χ0n) is 10.8. The quantitative estimate of drug-likeness (QED) is 0.743. The Morgan fingerprint density at radius 1 is 1.31 bits per heavy atom. The minimum atomic E-state index is 0.0584. The second-order valence-electron chi connectivity index (χ2n) is 6.75. The fraction of sp³-hybridized carbons (Fsp3) is 0.929. The van der Waals surface area contributed by atoms with E-state index >= 15 is 0 Å². The van der Waals surface area contributed by atoms with Crippen LogP contribution in [-0.2, 0) is 4.79 Å². The molecule has 2 heteroatoms. The molecule has 2 saturated carbocycles. The van der Waals surface area contributed by atoms with Crippen LogP contribution in [0.5, 0.6) is 0 Å². The summed E-state index contributed by atoms with van der Waals surface area (Å²) in [6.07, 6.45) is 4.97. The molecular formula is C14H24O2. The number of aliphatic hydroxyl groups is 1. The van der Waals surface area contributed by atoms with Gasteiger partial charge in [0.25, 0.3) is 0 Å². The van der Waals surface area contributed by atoms with E-state index in [0.717, 1.165) is 19.3 Å². The van der Waals surface area contributed by atoms with Crippen molar-refractivity contribution in [2.24, 2.45) is 22.7 Å². The molecule has 0 spiro atoms. The molecule has 3 unspecified atom stereocenters. The Hall–Kier alpha value is -0.370. The van der Waals surface area contributed by atoms with Crippen molar-refractivity contribution in [1.82, 2.24) is 0 Å². The number of ketones is 1. The van der Waals surface area contributed by atoms with Crippen molar-refractivity contribution in [3.63, 3.8) is 0 Å². The van der Waals surface area contributed by atoms with E-state index in [1.54, 1.807) is 0 Å². The van der Waals surface area contributed by atoms with Gasteiger partial charge in [-0.3, -0.25) is 4.79 Å². The molecule has 0 aromatic rings. The summed E-state index contributed by atoms with van der Waals surface area (Å²) in [5.41, 5.74) is 0.401. The van der Waals surface area contributed by atoms with Gasteiger partial charge in [-0.2, -0.15) is 0 Å². The summed E-state index contributed by atoms with van der Waals surface area (Å²) in [4.78, 5) is 11.8. The lowest BCUT2D eigenvalue weighted by Gasteiger charge is -2.53. The first-order valence-corrected chi connectivity index (χ1v) is 6.54. The third kappa shape index (κ3) is 1.81. The van der Waals surface area contributed by atoms with Gasteiger partial charge < -0.3 is 5.11 Å². The van der Waals surface area contributed by atoms with Crippen LogP contribution in [0.3, 0.4) is 0 Å². The molecule has 92 valence electrons. The Balaban J connectivity index is 2.27. The molecule has 2 nitrogen and oxygen atoms in total. The van der Waals surface area contributed by atoms with Crippen molar-refractivity contribution in [3.05, 3.63) is 0 Å². The van der Waals surface area contributed by atoms with Gasteiger partial charge in [-0.05, 0) is 42.4 Å². The van der Waals surface area contributed by atoms with E-state index in [-0.39, 0.29) is 17.9 Å². The number of aliphatic hydroxyl groups excluding tert-OH is 1. The Morgan fingerprint density at radius 3 is 2.62 bits per heavy atom. The number of carbonyl (C=O) groups excluding carboxylic acids is 1. The van der Waals surface area contributed by atoms with E-state index in [9.17, 15) is 9.90 Å². The van der Waals surface area contributed by atoms with E-state index in [4.69, 9.17) is 0 Å². The predicted octanol–water partition coefficient (Wildman–Crippen LogP) is 2.79. The molecule has 1 N–H and O–H groups in total. The van der Waals surface area contributed by atoms with Crippen LogP contribution >= 0.6 is 0 Å². The van der Waals surface area contributed by atoms with E-state index in [1.807, 2.05) is 0 Å². The Labute approximate surface area is 98.4 Å². The smallest absolute Gasteiger partial charge is 0.136 e. The number of hydrogen-bond donors (Lipinski definition) is 1. The van der Waals surface area contributed by atoms with Gasteiger partial charge in [-0.1, -0.05) is 20.8 Å². The van der Waals surface area contributed by atoms with Crippen molar-refractivity contribution >= 4 is 5.78 Å². The normalized spacial score (nSPS) is 42.9. The number of fused-ring (bicyclic) bond motifs is 1. The average molecular weight is 224 g/mol. The highest BCUT2D eigenvalue weighted by Crippen LogP contribution is 2.56. The van der Waals surface area contributed by atoms with Crippen molar-refractivity contribution in [3.8, 4) is 0 Å². The first-order valence-electron chi connectivity index (χ1n) is 6.54. The zero-order valence-corrected chi connectivity index (χ0v) is 10.8. The highest BCUT2D eigenvalue weighted by Gasteiger charge is 2.51. The lowest BCUT2D eigenvalue weighted by molar-refractivity contribution is -0.139. The fourth-order valence-corrected chi connectivity index (χ4v) is 3.80. The van der Waals surface area contributed by atoms with Crippen LogP contribution in [-0.4, -0.2) is 17.5 Å². The predicted molar refractivity (Wildman–Crippen MR) is 64.0 cm³/mol. The van der Waals surface area contributed by atoms with Gasteiger partial charge in [0, 0.05) is 18.9 Å². The monoisotopic (exact) mass is 224 g/mol. The van der Waals surface area contributed by atoms with Gasteiger partial charge in [0.05, 0.1) is 0 Å². The fourth-order valence-electron chi connectivity index (χ4n) is 3.80. The van der Waals surface area contributed by atoms with Crippen LogP contribution in [0.1, 0.15) is 52.9 Å². The lowest BCUT2D eigenvalue weighted by atomic mass is 9.51. The summed E-state index contributed by atoms with van der Waals surface area (Å²) < 4.78 is 0. The number of rotatable bonds is 1. The maximum Gasteiger partial charge on any atom is 0.136 e. The topological polar surface area (TPSA) is 37.3 Å². The van der Waals surface area contributed by atoms with E-state index in [2.05, 4.69) is 20.8 Å². The SMILES string of the molecule is CC1C(=O)CCC2(CO)CCC(C)(C)CC12. The van der Waals surface area contributed by atoms with Gasteiger partial charge >= 0.3 is 0 Å². The van der Waals surface area contributed by atoms with Crippen LogP contribution in [0.4, 0.5) is 0 Å². The summed E-state index contributed by atoms with van der Waals surface area (Å²) >= 11 is 0. The third-order valence-corrected chi connectivity index (χ3v) is 5.15. The molecule has 3 atom stereocenters. The molecule has 2 aliphatic carbocycles. The first kappa shape index (κ1) is 12.1. The van der Waals surface area contributed by atoms with Crippen LogP contribution in [0.25, 0.3) is 0 Å². The van der Waals surface area contributed by atoms with Gasteiger partial charge in [0.15, 0.2) is 0 Å². The molecule has 16 heavy (non-hydrogen) atoms. The van der Waals surface area contributed by atoms with Gasteiger partial charge in [-0.25, -0.2) is 0 Å². The molecule has 0 aliphatic heterocycles. The van der Waals surface area contributed by atoms with Gasteiger partial charge in [-0.15, -0.1) is 0 Å². The minimum absolute atomic E-state index is 0.0584. The third-order valence-electron chi connectivity index (χ3n) is 5.15. The first-order chi connectivity index (χ1) is 7.40. The molecule has 0 bridgehead atoms. The minimum Gasteiger partial charge on any atom is -0.396 e. The van der Waals surface area contributed by atoms with Crippen molar-refractivity contribution < 1.29 is 9.90 Å². The van der Waals surface area contributed by atoms with Crippen LogP contribution < -0.4 is 0 Å². The van der Waals surface area contributed by atoms with Gasteiger partial charge in [0.2, 0.25) is 0 Å². The number of Topliss-reactive ketones (excluding diaryl/α,β-unsaturated/α-hetero) is 1. The molecule has 0 aromatic carbocycles. The molecule has 0 radical (unpaired) electrons. The summed E-state index contributed by atoms with van der Waals surface area (Å²) in [7, 11) is 0. The standard InChI is InChI=1S/C14H24O2/c1-10-11-8-13(2,3)6-7-14(11,9-15)5-4-12(10)16/h10-11,15H,4-9H2,1-3H3. The summed E-state index contributed by atoms with van der Waals surface area (Å²) in [6.45, 7) is 6.92. The van der Waals surface area contributed by atoms with E-state index in [1.165, 1.54) is 6.42 Å². The summed E-state index contributed by atoms with van der Waals surface area (Å²) in [6, 6.07) is 0. The molecule has 0 aromatic heterocycles. The van der Waals surface area contributed by atoms with Crippen molar-refractivity contribution in [2.45, 2.75) is 52.9 Å². The van der Waals surface area contributed by atoms with Crippen molar-refractivity contribution in [1.29, 1.82) is 0 Å². The zero-order chi connectivity index (χ0) is 12.0. The van der Waals surface area contributed by atoms with Crippen LogP contribution in [0.15, 0.2) is 0 Å². The molecule has 2 rings (SSSR count). The maximum absolute atomic E-state index is 11.8. The second kappa shape index (κ2) is 3.83. The second-order valence-corrected chi connectivity index (χ2v) is 6.75. The molecule has 2 aliphatic rings. The van der Waals surface area contributed by atoms with Gasteiger partial charge in [0.1, 0.15) is 5.78 Å². The summed E-state index contributed by atoms with van der Waals surface area (Å²) in [5.74, 6) is 0.967. The lowest BCUT2D eigenvalue weighted by Crippen LogP contribution is -2.50. The molecule has 0 heterocycles. The average Bonchev–Trinajstić information content (AvgIpc) is 2.24. The van der Waals surface area contributed by atoms with Crippen molar-refractivity contribution in [2.75, 3.05) is 6.61 Å². The van der Waals surface area contributed by atoms with Crippen LogP contribution in [0, 0.1) is 22.7 Å². The van der Waals surface area contributed by atoms with E-state index < -0.39 is 0 Å². The highest BCUT2D eigenvalue weighted by molar-refractivity contribution is 5.82. The largest absolute Gasteiger partial charge is 0.396 e. The molecule has 0 amide bonds.